The van der Waals surface area contributed by atoms with Crippen LogP contribution in [-0.4, -0.2) is 18.8 Å². The van der Waals surface area contributed by atoms with Gasteiger partial charge in [0, 0.05) is 18.7 Å². The highest BCUT2D eigenvalue weighted by molar-refractivity contribution is 5.73. The zero-order chi connectivity index (χ0) is 17.8. The van der Waals surface area contributed by atoms with E-state index in [2.05, 4.69) is 10.6 Å². The lowest BCUT2D eigenvalue weighted by Gasteiger charge is -2.31. The molecule has 134 valence electrons. The van der Waals surface area contributed by atoms with Crippen LogP contribution in [0.15, 0.2) is 24.3 Å². The molecule has 1 aliphatic carbocycles. The van der Waals surface area contributed by atoms with E-state index < -0.39 is 30.6 Å². The van der Waals surface area contributed by atoms with Crippen molar-refractivity contribution in [3.8, 4) is 0 Å². The molecule has 0 aliphatic heterocycles. The van der Waals surface area contributed by atoms with Gasteiger partial charge in [0.25, 0.3) is 6.43 Å². The second kappa shape index (κ2) is 7.36. The molecule has 2 N–H and O–H groups in total. The van der Waals surface area contributed by atoms with Gasteiger partial charge in [0.2, 0.25) is 0 Å². The number of carbonyl (C=O) groups excluding carboxylic acids is 1. The van der Waals surface area contributed by atoms with Gasteiger partial charge in [0.05, 0.1) is 5.41 Å². The van der Waals surface area contributed by atoms with E-state index in [0.29, 0.717) is 18.4 Å². The molecule has 8 heteroatoms. The molecule has 1 fully saturated rings. The van der Waals surface area contributed by atoms with Crippen LogP contribution in [0.25, 0.3) is 0 Å². The number of hydrogen-bond donors (Lipinski definition) is 2. The summed E-state index contributed by atoms with van der Waals surface area (Å²) in [6.07, 6.45) is -5.98. The number of halogens is 5. The number of benzene rings is 1. The highest BCUT2D eigenvalue weighted by atomic mass is 19.4. The molecule has 3 nitrogen and oxygen atoms in total. The van der Waals surface area contributed by atoms with E-state index in [1.807, 2.05) is 0 Å². The van der Waals surface area contributed by atoms with Crippen molar-refractivity contribution in [1.82, 2.24) is 10.6 Å². The number of alkyl halides is 5. The van der Waals surface area contributed by atoms with Gasteiger partial charge in [-0.25, -0.2) is 13.6 Å². The lowest BCUT2D eigenvalue weighted by Crippen LogP contribution is -2.48. The van der Waals surface area contributed by atoms with Crippen molar-refractivity contribution < 1.29 is 26.7 Å². The zero-order valence-electron chi connectivity index (χ0n) is 12.9. The van der Waals surface area contributed by atoms with Gasteiger partial charge in [0.15, 0.2) is 0 Å². The van der Waals surface area contributed by atoms with Crippen LogP contribution in [-0.2, 0) is 6.54 Å². The SMILES string of the molecule is O=C(NCc1cccc(C(F)F)c1)NCC1(C(F)(F)F)CCCC1. The van der Waals surface area contributed by atoms with Gasteiger partial charge in [-0.15, -0.1) is 0 Å². The van der Waals surface area contributed by atoms with Crippen LogP contribution in [0.4, 0.5) is 26.7 Å². The third-order valence-electron chi connectivity index (χ3n) is 4.41. The van der Waals surface area contributed by atoms with Crippen LogP contribution in [0, 0.1) is 5.41 Å². The number of carbonyl (C=O) groups is 1. The van der Waals surface area contributed by atoms with E-state index in [4.69, 9.17) is 0 Å². The second-order valence-electron chi connectivity index (χ2n) is 6.07. The maximum Gasteiger partial charge on any atom is 0.396 e. The van der Waals surface area contributed by atoms with Crippen molar-refractivity contribution in [2.75, 3.05) is 6.54 Å². The average Bonchev–Trinajstić information content (AvgIpc) is 3.01. The Morgan fingerprint density at radius 3 is 2.42 bits per heavy atom. The first kappa shape index (κ1) is 18.5. The largest absolute Gasteiger partial charge is 0.396 e. The Morgan fingerprint density at radius 1 is 1.17 bits per heavy atom. The summed E-state index contributed by atoms with van der Waals surface area (Å²) in [6.45, 7) is -0.509. The van der Waals surface area contributed by atoms with Crippen LogP contribution in [0.2, 0.25) is 0 Å². The topological polar surface area (TPSA) is 41.1 Å². The Bertz CT molecular complexity index is 568. The molecule has 0 radical (unpaired) electrons. The second-order valence-corrected chi connectivity index (χ2v) is 6.07. The number of amides is 2. The third kappa shape index (κ3) is 4.36. The molecule has 0 atom stereocenters. The molecule has 2 rings (SSSR count). The van der Waals surface area contributed by atoms with Gasteiger partial charge in [-0.1, -0.05) is 31.0 Å². The van der Waals surface area contributed by atoms with Crippen molar-refractivity contribution in [3.05, 3.63) is 35.4 Å². The van der Waals surface area contributed by atoms with Crippen molar-refractivity contribution in [1.29, 1.82) is 0 Å². The van der Waals surface area contributed by atoms with Crippen molar-refractivity contribution in [3.63, 3.8) is 0 Å². The number of urea groups is 1. The molecule has 1 aliphatic rings. The molecule has 1 saturated carbocycles. The van der Waals surface area contributed by atoms with E-state index >= 15 is 0 Å². The Balaban J connectivity index is 1.86. The Labute approximate surface area is 136 Å². The summed E-state index contributed by atoms with van der Waals surface area (Å²) >= 11 is 0. The minimum Gasteiger partial charge on any atom is -0.337 e. The molecule has 0 heterocycles. The van der Waals surface area contributed by atoms with E-state index in [9.17, 15) is 26.7 Å². The highest BCUT2D eigenvalue weighted by Crippen LogP contribution is 2.49. The minimum atomic E-state index is -4.36. The third-order valence-corrected chi connectivity index (χ3v) is 4.41. The molecule has 0 aromatic heterocycles. The summed E-state index contributed by atoms with van der Waals surface area (Å²) in [5.74, 6) is 0. The first-order valence-corrected chi connectivity index (χ1v) is 7.69. The highest BCUT2D eigenvalue weighted by Gasteiger charge is 2.55. The van der Waals surface area contributed by atoms with Gasteiger partial charge in [0.1, 0.15) is 0 Å². The van der Waals surface area contributed by atoms with Crippen LogP contribution < -0.4 is 10.6 Å². The minimum absolute atomic E-state index is 0.00716. The molecule has 0 unspecified atom stereocenters. The number of hydrogen-bond acceptors (Lipinski definition) is 1. The van der Waals surface area contributed by atoms with Crippen LogP contribution in [0.1, 0.15) is 43.2 Å². The van der Waals surface area contributed by atoms with Crippen molar-refractivity contribution in [2.45, 2.75) is 44.8 Å². The zero-order valence-corrected chi connectivity index (χ0v) is 12.9. The van der Waals surface area contributed by atoms with E-state index in [1.54, 1.807) is 6.07 Å². The van der Waals surface area contributed by atoms with Gasteiger partial charge in [-0.05, 0) is 24.5 Å². The van der Waals surface area contributed by atoms with Crippen molar-refractivity contribution >= 4 is 6.03 Å². The fourth-order valence-electron chi connectivity index (χ4n) is 2.95. The average molecular weight is 350 g/mol. The molecular formula is C16H19F5N2O. The standard InChI is InChI=1S/C16H19F5N2O/c17-13(18)12-5-3-4-11(8-12)9-22-14(24)23-10-15(16(19,20)21)6-1-2-7-15/h3-5,8,13H,1-2,6-7,9-10H2,(H2,22,23,24). The van der Waals surface area contributed by atoms with E-state index in [0.717, 1.165) is 0 Å². The molecular weight excluding hydrogens is 331 g/mol. The molecule has 2 amide bonds. The van der Waals surface area contributed by atoms with Gasteiger partial charge in [-0.3, -0.25) is 0 Å². The summed E-state index contributed by atoms with van der Waals surface area (Å²) in [5.41, 5.74) is -1.58. The summed E-state index contributed by atoms with van der Waals surface area (Å²) in [4.78, 5) is 11.7. The first-order valence-electron chi connectivity index (χ1n) is 7.69. The Hall–Kier alpha value is -1.86. The van der Waals surface area contributed by atoms with E-state index in [-0.39, 0.29) is 24.9 Å². The van der Waals surface area contributed by atoms with Crippen LogP contribution in [0.3, 0.4) is 0 Å². The molecule has 24 heavy (non-hydrogen) atoms. The first-order chi connectivity index (χ1) is 11.2. The molecule has 0 saturated heterocycles. The van der Waals surface area contributed by atoms with Crippen LogP contribution in [0.5, 0.6) is 0 Å². The maximum atomic E-state index is 13.2. The number of nitrogens with one attached hydrogen (secondary N) is 2. The summed E-state index contributed by atoms with van der Waals surface area (Å²) < 4.78 is 64.8. The summed E-state index contributed by atoms with van der Waals surface area (Å²) in [7, 11) is 0. The maximum absolute atomic E-state index is 13.2. The lowest BCUT2D eigenvalue weighted by atomic mass is 9.85. The van der Waals surface area contributed by atoms with Gasteiger partial charge in [-0.2, -0.15) is 13.2 Å². The monoisotopic (exact) mass is 350 g/mol. The normalized spacial score (nSPS) is 17.1. The smallest absolute Gasteiger partial charge is 0.337 e. The lowest BCUT2D eigenvalue weighted by molar-refractivity contribution is -0.219. The Kier molecular flexibility index (Phi) is 5.66. The Morgan fingerprint density at radius 2 is 1.83 bits per heavy atom. The van der Waals surface area contributed by atoms with Gasteiger partial charge < -0.3 is 10.6 Å². The quantitative estimate of drug-likeness (QED) is 0.752. The number of rotatable bonds is 5. The molecule has 0 spiro atoms. The van der Waals surface area contributed by atoms with E-state index in [1.165, 1.54) is 18.2 Å². The molecule has 1 aromatic rings. The summed E-state index contributed by atoms with van der Waals surface area (Å²) in [5, 5.41) is 4.66. The fraction of sp³-hybridized carbons (Fsp3) is 0.562. The fourth-order valence-corrected chi connectivity index (χ4v) is 2.95. The van der Waals surface area contributed by atoms with Crippen LogP contribution >= 0.6 is 0 Å². The summed E-state index contributed by atoms with van der Waals surface area (Å²) in [6, 6.07) is 4.77. The molecule has 0 bridgehead atoms. The van der Waals surface area contributed by atoms with Gasteiger partial charge >= 0.3 is 12.2 Å². The van der Waals surface area contributed by atoms with Crippen molar-refractivity contribution in [2.24, 2.45) is 5.41 Å². The molecule has 1 aromatic carbocycles. The predicted molar refractivity (Wildman–Crippen MR) is 78.6 cm³/mol. The predicted octanol–water partition coefficient (Wildman–Crippen LogP) is 4.55.